The monoisotopic (exact) mass is 220 g/mol. The lowest BCUT2D eigenvalue weighted by molar-refractivity contribution is 0.0452. The molecule has 0 unspecified atom stereocenters. The molecule has 1 aliphatic heterocycles. The van der Waals surface area contributed by atoms with Gasteiger partial charge in [-0.25, -0.2) is 0 Å². The Morgan fingerprint density at radius 3 is 2.62 bits per heavy atom. The van der Waals surface area contributed by atoms with Crippen LogP contribution in [0, 0.1) is 13.8 Å². The molecule has 0 radical (unpaired) electrons. The SMILES string of the molecule is Cc1cc(C(=O)N2CC(C)(N)C2)c(C)nn1. The van der Waals surface area contributed by atoms with Crippen molar-refractivity contribution in [2.75, 3.05) is 13.1 Å². The van der Waals surface area contributed by atoms with Crippen LogP contribution >= 0.6 is 0 Å². The third-order valence-electron chi connectivity index (χ3n) is 2.72. The minimum atomic E-state index is -0.237. The van der Waals surface area contributed by atoms with E-state index in [1.807, 2.05) is 13.8 Å². The molecule has 0 spiro atoms. The van der Waals surface area contributed by atoms with E-state index in [4.69, 9.17) is 5.73 Å². The van der Waals surface area contributed by atoms with Gasteiger partial charge in [0.1, 0.15) is 0 Å². The van der Waals surface area contributed by atoms with Gasteiger partial charge in [-0.15, -0.1) is 0 Å². The Labute approximate surface area is 94.6 Å². The third kappa shape index (κ3) is 1.90. The van der Waals surface area contributed by atoms with Crippen LogP contribution in [0.4, 0.5) is 0 Å². The summed E-state index contributed by atoms with van der Waals surface area (Å²) in [5, 5.41) is 7.86. The lowest BCUT2D eigenvalue weighted by Gasteiger charge is -2.45. The van der Waals surface area contributed by atoms with E-state index in [9.17, 15) is 4.79 Å². The van der Waals surface area contributed by atoms with Gasteiger partial charge in [-0.05, 0) is 26.8 Å². The van der Waals surface area contributed by atoms with Crippen LogP contribution in [0.3, 0.4) is 0 Å². The number of nitrogens with two attached hydrogens (primary N) is 1. The topological polar surface area (TPSA) is 72.1 Å². The summed E-state index contributed by atoms with van der Waals surface area (Å²) in [7, 11) is 0. The Morgan fingerprint density at radius 1 is 1.44 bits per heavy atom. The van der Waals surface area contributed by atoms with Crippen molar-refractivity contribution in [3.8, 4) is 0 Å². The quantitative estimate of drug-likeness (QED) is 0.737. The molecule has 1 aromatic rings. The highest BCUT2D eigenvalue weighted by Crippen LogP contribution is 2.20. The maximum absolute atomic E-state index is 12.1. The van der Waals surface area contributed by atoms with E-state index in [-0.39, 0.29) is 11.4 Å². The number of carbonyl (C=O) groups excluding carboxylic acids is 1. The number of rotatable bonds is 1. The second-order valence-electron chi connectivity index (χ2n) is 4.80. The van der Waals surface area contributed by atoms with E-state index < -0.39 is 0 Å². The second-order valence-corrected chi connectivity index (χ2v) is 4.80. The first-order valence-corrected chi connectivity index (χ1v) is 5.28. The zero-order chi connectivity index (χ0) is 11.9. The number of aryl methyl sites for hydroxylation is 2. The predicted octanol–water partition coefficient (Wildman–Crippen LogP) is 0.267. The van der Waals surface area contributed by atoms with Crippen molar-refractivity contribution in [3.05, 3.63) is 23.0 Å². The molecule has 2 heterocycles. The van der Waals surface area contributed by atoms with E-state index in [1.54, 1.807) is 17.9 Å². The Hall–Kier alpha value is -1.49. The molecule has 1 aliphatic rings. The molecule has 5 heteroatoms. The van der Waals surface area contributed by atoms with Crippen molar-refractivity contribution in [1.82, 2.24) is 15.1 Å². The molecule has 0 atom stereocenters. The molecule has 0 bridgehead atoms. The van der Waals surface area contributed by atoms with Crippen LogP contribution in [-0.4, -0.2) is 39.6 Å². The average molecular weight is 220 g/mol. The zero-order valence-corrected chi connectivity index (χ0v) is 9.82. The first-order chi connectivity index (χ1) is 7.39. The molecule has 0 saturated carbocycles. The molecule has 0 aromatic carbocycles. The highest BCUT2D eigenvalue weighted by Gasteiger charge is 2.38. The molecule has 1 amide bonds. The van der Waals surface area contributed by atoms with Gasteiger partial charge >= 0.3 is 0 Å². The largest absolute Gasteiger partial charge is 0.335 e. The van der Waals surface area contributed by atoms with Crippen LogP contribution in [0.1, 0.15) is 28.7 Å². The highest BCUT2D eigenvalue weighted by molar-refractivity contribution is 5.96. The smallest absolute Gasteiger partial charge is 0.255 e. The number of aromatic nitrogens is 2. The summed E-state index contributed by atoms with van der Waals surface area (Å²) in [6, 6.07) is 1.77. The minimum absolute atomic E-state index is 0.00146. The summed E-state index contributed by atoms with van der Waals surface area (Å²) in [6.45, 7) is 6.77. The van der Waals surface area contributed by atoms with Gasteiger partial charge in [-0.2, -0.15) is 10.2 Å². The van der Waals surface area contributed by atoms with Crippen LogP contribution in [-0.2, 0) is 0 Å². The van der Waals surface area contributed by atoms with Crippen LogP contribution in [0.2, 0.25) is 0 Å². The van der Waals surface area contributed by atoms with Crippen molar-refractivity contribution in [2.45, 2.75) is 26.3 Å². The molecule has 1 saturated heterocycles. The maximum Gasteiger partial charge on any atom is 0.255 e. The van der Waals surface area contributed by atoms with Crippen molar-refractivity contribution < 1.29 is 4.79 Å². The standard InChI is InChI=1S/C11H16N4O/c1-7-4-9(8(2)14-13-7)10(16)15-5-11(3,12)6-15/h4H,5-6,12H2,1-3H3. The molecule has 0 aliphatic carbocycles. The first-order valence-electron chi connectivity index (χ1n) is 5.28. The predicted molar refractivity (Wildman–Crippen MR) is 60.0 cm³/mol. The molecule has 86 valence electrons. The summed E-state index contributed by atoms with van der Waals surface area (Å²) < 4.78 is 0. The Morgan fingerprint density at radius 2 is 2.06 bits per heavy atom. The van der Waals surface area contributed by atoms with E-state index in [2.05, 4.69) is 10.2 Å². The lowest BCUT2D eigenvalue weighted by Crippen LogP contribution is -2.66. The number of hydrogen-bond acceptors (Lipinski definition) is 4. The van der Waals surface area contributed by atoms with E-state index in [0.29, 0.717) is 24.3 Å². The van der Waals surface area contributed by atoms with Crippen molar-refractivity contribution in [3.63, 3.8) is 0 Å². The summed E-state index contributed by atoms with van der Waals surface area (Å²) >= 11 is 0. The number of nitrogens with zero attached hydrogens (tertiary/aromatic N) is 3. The van der Waals surface area contributed by atoms with Gasteiger partial charge in [-0.1, -0.05) is 0 Å². The molecule has 2 N–H and O–H groups in total. The van der Waals surface area contributed by atoms with Crippen LogP contribution in [0.25, 0.3) is 0 Å². The molecular formula is C11H16N4O. The van der Waals surface area contributed by atoms with Gasteiger partial charge in [0.15, 0.2) is 0 Å². The minimum Gasteiger partial charge on any atom is -0.335 e. The van der Waals surface area contributed by atoms with E-state index >= 15 is 0 Å². The Bertz CT molecular complexity index is 434. The fourth-order valence-corrected chi connectivity index (χ4v) is 1.91. The molecule has 1 fully saturated rings. The Balaban J connectivity index is 2.19. The number of amides is 1. The molecule has 5 nitrogen and oxygen atoms in total. The number of likely N-dealkylation sites (tertiary alicyclic amines) is 1. The molecule has 2 rings (SSSR count). The summed E-state index contributed by atoms with van der Waals surface area (Å²) in [5.41, 5.74) is 7.69. The van der Waals surface area contributed by atoms with E-state index in [1.165, 1.54) is 0 Å². The summed E-state index contributed by atoms with van der Waals surface area (Å²) in [4.78, 5) is 13.8. The van der Waals surface area contributed by atoms with Crippen molar-refractivity contribution >= 4 is 5.91 Å². The van der Waals surface area contributed by atoms with E-state index in [0.717, 1.165) is 5.69 Å². The van der Waals surface area contributed by atoms with Gasteiger partial charge < -0.3 is 10.6 Å². The van der Waals surface area contributed by atoms with Crippen LogP contribution in [0.15, 0.2) is 6.07 Å². The van der Waals surface area contributed by atoms with Crippen molar-refractivity contribution in [1.29, 1.82) is 0 Å². The van der Waals surface area contributed by atoms with Gasteiger partial charge in [0.05, 0.1) is 17.0 Å². The third-order valence-corrected chi connectivity index (χ3v) is 2.72. The number of carbonyl (C=O) groups is 1. The fourth-order valence-electron chi connectivity index (χ4n) is 1.91. The average Bonchev–Trinajstić information content (AvgIpc) is 2.17. The molecule has 16 heavy (non-hydrogen) atoms. The fraction of sp³-hybridized carbons (Fsp3) is 0.545. The zero-order valence-electron chi connectivity index (χ0n) is 9.82. The normalized spacial score (nSPS) is 18.1. The van der Waals surface area contributed by atoms with Gasteiger partial charge in [0.25, 0.3) is 5.91 Å². The summed E-state index contributed by atoms with van der Waals surface area (Å²) in [5.74, 6) is -0.00146. The lowest BCUT2D eigenvalue weighted by atomic mass is 9.93. The summed E-state index contributed by atoms with van der Waals surface area (Å²) in [6.07, 6.45) is 0. The van der Waals surface area contributed by atoms with Crippen LogP contribution < -0.4 is 5.73 Å². The van der Waals surface area contributed by atoms with Crippen LogP contribution in [0.5, 0.6) is 0 Å². The number of hydrogen-bond donors (Lipinski definition) is 1. The Kier molecular flexibility index (Phi) is 2.42. The maximum atomic E-state index is 12.1. The molecular weight excluding hydrogens is 204 g/mol. The first kappa shape index (κ1) is 11.0. The van der Waals surface area contributed by atoms with Crippen molar-refractivity contribution in [2.24, 2.45) is 5.73 Å². The highest BCUT2D eigenvalue weighted by atomic mass is 16.2. The van der Waals surface area contributed by atoms with Gasteiger partial charge in [-0.3, -0.25) is 4.79 Å². The van der Waals surface area contributed by atoms with Gasteiger partial charge in [0, 0.05) is 18.6 Å². The molecule has 1 aromatic heterocycles. The second kappa shape index (κ2) is 3.52. The van der Waals surface area contributed by atoms with Gasteiger partial charge in [0.2, 0.25) is 0 Å².